The van der Waals surface area contributed by atoms with Crippen LogP contribution < -0.4 is 4.74 Å². The van der Waals surface area contributed by atoms with E-state index in [1.54, 1.807) is 37.3 Å². The van der Waals surface area contributed by atoms with Gasteiger partial charge in [-0.2, -0.15) is 0 Å². The minimum absolute atomic E-state index is 0.176. The van der Waals surface area contributed by atoms with Gasteiger partial charge in [0.2, 0.25) is 0 Å². The van der Waals surface area contributed by atoms with Gasteiger partial charge < -0.3 is 9.47 Å². The standard InChI is InChI=1S/C17H15BrO4/c1-3-21-16(19)14-10-12(18)8-9-15(14)22-17(20)13-7-5-4-6-11(13)2/h4-10H,3H2,1-2H3. The molecule has 0 spiro atoms. The quantitative estimate of drug-likeness (QED) is 0.605. The lowest BCUT2D eigenvalue weighted by molar-refractivity contribution is 0.0520. The lowest BCUT2D eigenvalue weighted by Gasteiger charge is -2.11. The van der Waals surface area contributed by atoms with Crippen LogP contribution in [0.25, 0.3) is 0 Å². The zero-order valence-electron chi connectivity index (χ0n) is 12.3. The van der Waals surface area contributed by atoms with Gasteiger partial charge >= 0.3 is 11.9 Å². The van der Waals surface area contributed by atoms with Crippen molar-refractivity contribution in [2.45, 2.75) is 13.8 Å². The summed E-state index contributed by atoms with van der Waals surface area (Å²) in [5.41, 5.74) is 1.47. The summed E-state index contributed by atoms with van der Waals surface area (Å²) in [6.07, 6.45) is 0. The van der Waals surface area contributed by atoms with Crippen molar-refractivity contribution in [1.82, 2.24) is 0 Å². The zero-order valence-corrected chi connectivity index (χ0v) is 13.8. The molecule has 0 aliphatic carbocycles. The lowest BCUT2D eigenvalue weighted by atomic mass is 10.1. The molecule has 2 aromatic carbocycles. The Morgan fingerprint density at radius 2 is 1.77 bits per heavy atom. The van der Waals surface area contributed by atoms with E-state index in [2.05, 4.69) is 15.9 Å². The number of carbonyl (C=O) groups excluding carboxylic acids is 2. The number of ether oxygens (including phenoxy) is 2. The van der Waals surface area contributed by atoms with E-state index in [0.717, 1.165) is 5.56 Å². The van der Waals surface area contributed by atoms with E-state index in [0.29, 0.717) is 10.0 Å². The summed E-state index contributed by atoms with van der Waals surface area (Å²) in [5.74, 6) is -0.864. The Bertz CT molecular complexity index is 710. The molecule has 0 N–H and O–H groups in total. The summed E-state index contributed by atoms with van der Waals surface area (Å²) in [6, 6.07) is 11.9. The largest absolute Gasteiger partial charge is 0.462 e. The molecule has 0 fully saturated rings. The number of hydrogen-bond acceptors (Lipinski definition) is 4. The highest BCUT2D eigenvalue weighted by Crippen LogP contribution is 2.25. The highest BCUT2D eigenvalue weighted by Gasteiger charge is 2.18. The van der Waals surface area contributed by atoms with Gasteiger partial charge in [0, 0.05) is 4.47 Å². The van der Waals surface area contributed by atoms with E-state index in [9.17, 15) is 9.59 Å². The van der Waals surface area contributed by atoms with E-state index >= 15 is 0 Å². The first-order valence-corrected chi connectivity index (χ1v) is 7.56. The third-order valence-corrected chi connectivity index (χ3v) is 3.50. The molecule has 0 amide bonds. The average molecular weight is 363 g/mol. The van der Waals surface area contributed by atoms with Crippen molar-refractivity contribution >= 4 is 27.9 Å². The van der Waals surface area contributed by atoms with Crippen LogP contribution in [0.2, 0.25) is 0 Å². The summed E-state index contributed by atoms with van der Waals surface area (Å²) in [6.45, 7) is 3.79. The topological polar surface area (TPSA) is 52.6 Å². The van der Waals surface area contributed by atoms with Crippen molar-refractivity contribution in [3.8, 4) is 5.75 Å². The summed E-state index contributed by atoms with van der Waals surface area (Å²) in [7, 11) is 0. The average Bonchev–Trinajstić information content (AvgIpc) is 2.49. The second-order valence-corrected chi connectivity index (χ2v) is 5.48. The van der Waals surface area contributed by atoms with E-state index in [1.165, 1.54) is 0 Å². The summed E-state index contributed by atoms with van der Waals surface area (Å²) < 4.78 is 11.1. The minimum atomic E-state index is -0.531. The van der Waals surface area contributed by atoms with Crippen LogP contribution in [0, 0.1) is 6.92 Å². The molecule has 0 heterocycles. The second-order valence-electron chi connectivity index (χ2n) is 4.57. The molecular formula is C17H15BrO4. The van der Waals surface area contributed by atoms with Crippen molar-refractivity contribution < 1.29 is 19.1 Å². The number of aryl methyl sites for hydroxylation is 1. The molecule has 0 radical (unpaired) electrons. The van der Waals surface area contributed by atoms with Gasteiger partial charge in [-0.3, -0.25) is 0 Å². The monoisotopic (exact) mass is 362 g/mol. The first-order chi connectivity index (χ1) is 10.5. The molecule has 5 heteroatoms. The maximum absolute atomic E-state index is 12.3. The fourth-order valence-electron chi connectivity index (χ4n) is 1.92. The summed E-state index contributed by atoms with van der Waals surface area (Å²) in [5, 5.41) is 0. The summed E-state index contributed by atoms with van der Waals surface area (Å²) in [4.78, 5) is 24.2. The molecule has 0 saturated carbocycles. The molecular weight excluding hydrogens is 348 g/mol. The Morgan fingerprint density at radius 3 is 2.45 bits per heavy atom. The van der Waals surface area contributed by atoms with Gasteiger partial charge in [0.25, 0.3) is 0 Å². The molecule has 0 unspecified atom stereocenters. The van der Waals surface area contributed by atoms with Crippen LogP contribution in [-0.4, -0.2) is 18.5 Å². The van der Waals surface area contributed by atoms with Crippen LogP contribution >= 0.6 is 15.9 Å². The van der Waals surface area contributed by atoms with Gasteiger partial charge in [0.1, 0.15) is 11.3 Å². The predicted octanol–water partition coefficient (Wildman–Crippen LogP) is 4.15. The molecule has 22 heavy (non-hydrogen) atoms. The Labute approximate surface area is 137 Å². The van der Waals surface area contributed by atoms with Crippen molar-refractivity contribution in [1.29, 1.82) is 0 Å². The Morgan fingerprint density at radius 1 is 1.05 bits per heavy atom. The highest BCUT2D eigenvalue weighted by atomic mass is 79.9. The maximum atomic E-state index is 12.3. The number of carbonyl (C=O) groups is 2. The molecule has 4 nitrogen and oxygen atoms in total. The molecule has 0 aromatic heterocycles. The van der Waals surface area contributed by atoms with Crippen molar-refractivity contribution in [3.05, 3.63) is 63.6 Å². The van der Waals surface area contributed by atoms with Crippen LogP contribution in [0.15, 0.2) is 46.9 Å². The number of hydrogen-bond donors (Lipinski definition) is 0. The number of rotatable bonds is 4. The van der Waals surface area contributed by atoms with Gasteiger partial charge in [-0.25, -0.2) is 9.59 Å². The van der Waals surface area contributed by atoms with E-state index in [1.807, 2.05) is 19.1 Å². The molecule has 2 rings (SSSR count). The molecule has 0 atom stereocenters. The van der Waals surface area contributed by atoms with Crippen LogP contribution in [0.1, 0.15) is 33.2 Å². The van der Waals surface area contributed by atoms with Crippen LogP contribution in [0.3, 0.4) is 0 Å². The highest BCUT2D eigenvalue weighted by molar-refractivity contribution is 9.10. The smallest absolute Gasteiger partial charge is 0.343 e. The third-order valence-electron chi connectivity index (χ3n) is 3.00. The Balaban J connectivity index is 2.31. The van der Waals surface area contributed by atoms with Gasteiger partial charge in [-0.15, -0.1) is 0 Å². The minimum Gasteiger partial charge on any atom is -0.462 e. The number of halogens is 1. The summed E-state index contributed by atoms with van der Waals surface area (Å²) >= 11 is 3.29. The molecule has 0 aliphatic rings. The Hall–Kier alpha value is -2.14. The molecule has 0 bridgehead atoms. The SMILES string of the molecule is CCOC(=O)c1cc(Br)ccc1OC(=O)c1ccccc1C. The number of esters is 2. The molecule has 2 aromatic rings. The van der Waals surface area contributed by atoms with Crippen LogP contribution in [-0.2, 0) is 4.74 Å². The van der Waals surface area contributed by atoms with Gasteiger partial charge in [-0.1, -0.05) is 34.1 Å². The van der Waals surface area contributed by atoms with Crippen molar-refractivity contribution in [3.63, 3.8) is 0 Å². The lowest BCUT2D eigenvalue weighted by Crippen LogP contribution is -2.14. The van der Waals surface area contributed by atoms with E-state index in [4.69, 9.17) is 9.47 Å². The van der Waals surface area contributed by atoms with Gasteiger partial charge in [0.05, 0.1) is 12.2 Å². The van der Waals surface area contributed by atoms with Crippen LogP contribution in [0.4, 0.5) is 0 Å². The maximum Gasteiger partial charge on any atom is 0.343 e. The predicted molar refractivity (Wildman–Crippen MR) is 86.2 cm³/mol. The van der Waals surface area contributed by atoms with Crippen LogP contribution in [0.5, 0.6) is 5.75 Å². The fourth-order valence-corrected chi connectivity index (χ4v) is 2.28. The van der Waals surface area contributed by atoms with Crippen molar-refractivity contribution in [2.24, 2.45) is 0 Å². The molecule has 114 valence electrons. The van der Waals surface area contributed by atoms with Crippen molar-refractivity contribution in [2.75, 3.05) is 6.61 Å². The first kappa shape index (κ1) is 16.2. The van der Waals surface area contributed by atoms with Gasteiger partial charge in [-0.05, 0) is 43.7 Å². The van der Waals surface area contributed by atoms with E-state index < -0.39 is 11.9 Å². The second kappa shape index (κ2) is 7.22. The molecule has 0 saturated heterocycles. The fraction of sp³-hybridized carbons (Fsp3) is 0.176. The molecule has 0 aliphatic heterocycles. The first-order valence-electron chi connectivity index (χ1n) is 6.77. The Kier molecular flexibility index (Phi) is 5.33. The van der Waals surface area contributed by atoms with Gasteiger partial charge in [0.15, 0.2) is 0 Å². The third kappa shape index (κ3) is 3.74. The number of benzene rings is 2. The zero-order chi connectivity index (χ0) is 16.1. The normalized spacial score (nSPS) is 10.1. The van der Waals surface area contributed by atoms with E-state index in [-0.39, 0.29) is 17.9 Å².